The number of hydrogen-bond donors (Lipinski definition) is 0. The molecule has 1 N–H and O–H groups in total. The van der Waals surface area contributed by atoms with Crippen molar-refractivity contribution >= 4 is 7.25 Å². The lowest BCUT2D eigenvalue weighted by Gasteiger charge is -1.95. The lowest BCUT2D eigenvalue weighted by Crippen LogP contribution is -2.02. The Morgan fingerprint density at radius 2 is 1.81 bits per heavy atom. The van der Waals surface area contributed by atoms with Crippen LogP contribution in [0.5, 0.6) is 0 Å². The molecule has 0 spiro atoms. The van der Waals surface area contributed by atoms with Gasteiger partial charge >= 0.3 is 7.25 Å². The van der Waals surface area contributed by atoms with Crippen LogP contribution < -0.4 is 4.98 Å². The van der Waals surface area contributed by atoms with E-state index in [9.17, 15) is 17.3 Å². The molecule has 0 radical (unpaired) electrons. The number of unbranched alkanes of at least 4 members (excludes halogenated alkanes) is 2. The Balaban J connectivity index is 0.000000385. The summed E-state index contributed by atoms with van der Waals surface area (Å²) in [5, 5.41) is 0. The van der Waals surface area contributed by atoms with E-state index in [-0.39, 0.29) is 0 Å². The molecule has 16 heavy (non-hydrogen) atoms. The van der Waals surface area contributed by atoms with Crippen LogP contribution in [-0.2, 0) is 6.42 Å². The van der Waals surface area contributed by atoms with E-state index in [0.717, 1.165) is 0 Å². The Hall–Kier alpha value is -1.07. The Labute approximate surface area is 93.0 Å². The molecular formula is C10H16BF4N. The number of aryl methyl sites for hydroxylation is 1. The minimum absolute atomic E-state index is 1.21. The summed E-state index contributed by atoms with van der Waals surface area (Å²) in [6.07, 6.45) is 9.20. The Morgan fingerprint density at radius 3 is 2.25 bits per heavy atom. The molecule has 1 heterocycles. The summed E-state index contributed by atoms with van der Waals surface area (Å²) in [4.78, 5) is 3.09. The third-order valence-corrected chi connectivity index (χ3v) is 1.84. The standard InChI is InChI=1S/C10H15N.BF4/c1-2-3-4-6-10-7-5-8-11-9-10;2-1(3,4)5/h5,7-9H,2-4,6H2,1H3;/q;-1/p+1. The van der Waals surface area contributed by atoms with Crippen LogP contribution in [-0.4, -0.2) is 7.25 Å². The highest BCUT2D eigenvalue weighted by atomic mass is 19.5. The number of nitrogens with one attached hydrogen (secondary N) is 1. The summed E-state index contributed by atoms with van der Waals surface area (Å²) in [5.74, 6) is 0. The van der Waals surface area contributed by atoms with E-state index in [0.29, 0.717) is 0 Å². The summed E-state index contributed by atoms with van der Waals surface area (Å²) >= 11 is 0. The van der Waals surface area contributed by atoms with Crippen LogP contribution in [0, 0.1) is 0 Å². The normalized spacial score (nSPS) is 10.6. The number of hydrogen-bond acceptors (Lipinski definition) is 0. The highest BCUT2D eigenvalue weighted by molar-refractivity contribution is 6.50. The third kappa shape index (κ3) is 12.9. The first kappa shape index (κ1) is 14.9. The van der Waals surface area contributed by atoms with E-state index in [2.05, 4.69) is 30.2 Å². The van der Waals surface area contributed by atoms with Crippen LogP contribution in [0.25, 0.3) is 0 Å². The highest BCUT2D eigenvalue weighted by Crippen LogP contribution is 2.06. The number of pyridine rings is 1. The van der Waals surface area contributed by atoms with Gasteiger partial charge in [0.05, 0.1) is 0 Å². The van der Waals surface area contributed by atoms with Gasteiger partial charge in [-0.05, 0) is 18.9 Å². The molecule has 0 saturated carbocycles. The van der Waals surface area contributed by atoms with Gasteiger partial charge in [0.2, 0.25) is 0 Å². The zero-order valence-corrected chi connectivity index (χ0v) is 9.23. The fourth-order valence-corrected chi connectivity index (χ4v) is 1.17. The average Bonchev–Trinajstić information content (AvgIpc) is 2.17. The SMILES string of the molecule is CCCCCc1ccc[nH+]c1.F[B-](F)(F)F. The van der Waals surface area contributed by atoms with Gasteiger partial charge in [-0.1, -0.05) is 19.8 Å². The molecule has 1 aromatic heterocycles. The lowest BCUT2D eigenvalue weighted by molar-refractivity contribution is -0.378. The van der Waals surface area contributed by atoms with Gasteiger partial charge in [0.1, 0.15) is 0 Å². The molecule has 0 saturated heterocycles. The van der Waals surface area contributed by atoms with Crippen LogP contribution >= 0.6 is 0 Å². The maximum Gasteiger partial charge on any atom is 0.673 e. The molecule has 0 aliphatic heterocycles. The van der Waals surface area contributed by atoms with Crippen molar-refractivity contribution in [1.82, 2.24) is 0 Å². The minimum Gasteiger partial charge on any atom is -0.418 e. The van der Waals surface area contributed by atoms with Gasteiger partial charge in [0.25, 0.3) is 0 Å². The van der Waals surface area contributed by atoms with Crippen molar-refractivity contribution < 1.29 is 22.2 Å². The van der Waals surface area contributed by atoms with Crippen LogP contribution in [0.4, 0.5) is 17.3 Å². The molecule has 0 amide bonds. The first-order valence-electron chi connectivity index (χ1n) is 5.25. The molecule has 0 aromatic carbocycles. The number of rotatable bonds is 4. The average molecular weight is 237 g/mol. The molecule has 0 unspecified atom stereocenters. The molecule has 1 rings (SSSR count). The van der Waals surface area contributed by atoms with E-state index >= 15 is 0 Å². The highest BCUT2D eigenvalue weighted by Gasteiger charge is 2.20. The second kappa shape index (κ2) is 8.13. The van der Waals surface area contributed by atoms with Crippen molar-refractivity contribution in [2.45, 2.75) is 32.6 Å². The quantitative estimate of drug-likeness (QED) is 0.432. The Bertz CT molecular complexity index is 257. The smallest absolute Gasteiger partial charge is 0.418 e. The molecular weight excluding hydrogens is 221 g/mol. The summed E-state index contributed by atoms with van der Waals surface area (Å²) in [6.45, 7) is 2.23. The summed E-state index contributed by atoms with van der Waals surface area (Å²) in [5.41, 5.74) is 1.42. The molecule has 0 fully saturated rings. The van der Waals surface area contributed by atoms with Crippen LogP contribution in [0.3, 0.4) is 0 Å². The van der Waals surface area contributed by atoms with E-state index in [1.165, 1.54) is 31.2 Å². The van der Waals surface area contributed by atoms with E-state index in [1.54, 1.807) is 0 Å². The summed E-state index contributed by atoms with van der Waals surface area (Å²) < 4.78 is 39.0. The third-order valence-electron chi connectivity index (χ3n) is 1.84. The van der Waals surface area contributed by atoms with Gasteiger partial charge in [0.15, 0.2) is 12.4 Å². The van der Waals surface area contributed by atoms with Crippen molar-refractivity contribution in [2.24, 2.45) is 0 Å². The predicted molar refractivity (Wildman–Crippen MR) is 56.4 cm³/mol. The van der Waals surface area contributed by atoms with Gasteiger partial charge in [-0.15, -0.1) is 0 Å². The largest absolute Gasteiger partial charge is 0.673 e. The van der Waals surface area contributed by atoms with Crippen molar-refractivity contribution in [3.05, 3.63) is 30.1 Å². The van der Waals surface area contributed by atoms with E-state index < -0.39 is 7.25 Å². The maximum absolute atomic E-state index is 9.75. The van der Waals surface area contributed by atoms with Crippen molar-refractivity contribution in [2.75, 3.05) is 0 Å². The van der Waals surface area contributed by atoms with Gasteiger partial charge < -0.3 is 17.3 Å². The molecule has 92 valence electrons. The first-order valence-corrected chi connectivity index (χ1v) is 5.25. The molecule has 0 bridgehead atoms. The first-order chi connectivity index (χ1) is 7.43. The van der Waals surface area contributed by atoms with Crippen molar-refractivity contribution in [3.8, 4) is 0 Å². The molecule has 0 atom stereocenters. The fourth-order valence-electron chi connectivity index (χ4n) is 1.17. The van der Waals surface area contributed by atoms with Crippen LogP contribution in [0.1, 0.15) is 31.7 Å². The van der Waals surface area contributed by atoms with Crippen molar-refractivity contribution in [1.29, 1.82) is 0 Å². The van der Waals surface area contributed by atoms with Gasteiger partial charge in [0, 0.05) is 11.6 Å². The zero-order chi connectivity index (χ0) is 12.4. The number of aromatic amines is 1. The topological polar surface area (TPSA) is 14.1 Å². The summed E-state index contributed by atoms with van der Waals surface area (Å²) in [6, 6.07) is 4.23. The molecule has 1 aromatic rings. The van der Waals surface area contributed by atoms with Gasteiger partial charge in [-0.2, -0.15) is 0 Å². The molecule has 1 nitrogen and oxygen atoms in total. The summed E-state index contributed by atoms with van der Waals surface area (Å²) in [7, 11) is -6.00. The number of H-pyrrole nitrogens is 1. The molecule has 6 heteroatoms. The van der Waals surface area contributed by atoms with Crippen LogP contribution in [0.15, 0.2) is 24.5 Å². The second-order valence-corrected chi connectivity index (χ2v) is 3.36. The number of aromatic nitrogens is 1. The number of halogens is 4. The van der Waals surface area contributed by atoms with E-state index in [1.807, 2.05) is 6.20 Å². The molecule has 0 aliphatic carbocycles. The molecule has 0 aliphatic rings. The van der Waals surface area contributed by atoms with E-state index in [4.69, 9.17) is 0 Å². The Morgan fingerprint density at radius 1 is 1.19 bits per heavy atom. The maximum atomic E-state index is 9.75. The zero-order valence-electron chi connectivity index (χ0n) is 9.23. The minimum atomic E-state index is -6.00. The van der Waals surface area contributed by atoms with Crippen molar-refractivity contribution in [3.63, 3.8) is 0 Å². The second-order valence-electron chi connectivity index (χ2n) is 3.36. The van der Waals surface area contributed by atoms with Crippen LogP contribution in [0.2, 0.25) is 0 Å². The monoisotopic (exact) mass is 237 g/mol. The van der Waals surface area contributed by atoms with Gasteiger partial charge in [-0.25, -0.2) is 4.98 Å². The lowest BCUT2D eigenvalue weighted by atomic mass is 10.1. The Kier molecular flexibility index (Phi) is 7.59. The fraction of sp³-hybridized carbons (Fsp3) is 0.500. The predicted octanol–water partition coefficient (Wildman–Crippen LogP) is 3.53. The van der Waals surface area contributed by atoms with Gasteiger partial charge in [-0.3, -0.25) is 0 Å².